The van der Waals surface area contributed by atoms with Crippen LogP contribution in [-0.4, -0.2) is 17.5 Å². The molecule has 1 aromatic carbocycles. The van der Waals surface area contributed by atoms with Crippen molar-refractivity contribution in [3.05, 3.63) is 47.9 Å². The third kappa shape index (κ3) is 1.82. The average molecular weight is 228 g/mol. The van der Waals surface area contributed by atoms with Crippen LogP contribution < -0.4 is 4.90 Å². The molecule has 3 rings (SSSR count). The van der Waals surface area contributed by atoms with Gasteiger partial charge in [0, 0.05) is 30.3 Å². The van der Waals surface area contributed by atoms with E-state index < -0.39 is 0 Å². The molecular formula is C13H12N2O2. The zero-order valence-corrected chi connectivity index (χ0v) is 9.30. The van der Waals surface area contributed by atoms with Gasteiger partial charge in [0.15, 0.2) is 11.5 Å². The summed E-state index contributed by atoms with van der Waals surface area (Å²) in [5.74, 6) is 1.03. The fourth-order valence-electron chi connectivity index (χ4n) is 2.15. The van der Waals surface area contributed by atoms with Crippen LogP contribution >= 0.6 is 0 Å². The third-order valence-corrected chi connectivity index (χ3v) is 2.99. The van der Waals surface area contributed by atoms with Gasteiger partial charge in [-0.2, -0.15) is 0 Å². The number of anilines is 1. The molecule has 0 bridgehead atoms. The van der Waals surface area contributed by atoms with Gasteiger partial charge in [0.25, 0.3) is 0 Å². The van der Waals surface area contributed by atoms with E-state index in [-0.39, 0.29) is 5.78 Å². The highest BCUT2D eigenvalue weighted by Crippen LogP contribution is 2.27. The second kappa shape index (κ2) is 4.05. The fourth-order valence-corrected chi connectivity index (χ4v) is 2.15. The number of para-hydroxylation sites is 1. The van der Waals surface area contributed by atoms with Gasteiger partial charge in [0.1, 0.15) is 0 Å². The molecule has 0 aliphatic carbocycles. The molecule has 4 heteroatoms. The SMILES string of the molecule is O=C1CCN(Cc2ccno2)c2ccccc21. The Morgan fingerprint density at radius 1 is 1.29 bits per heavy atom. The monoisotopic (exact) mass is 228 g/mol. The van der Waals surface area contributed by atoms with Gasteiger partial charge in [-0.05, 0) is 12.1 Å². The number of fused-ring (bicyclic) bond motifs is 1. The number of ketones is 1. The summed E-state index contributed by atoms with van der Waals surface area (Å²) in [5.41, 5.74) is 1.79. The van der Waals surface area contributed by atoms with Crippen molar-refractivity contribution in [3.63, 3.8) is 0 Å². The number of carbonyl (C=O) groups is 1. The second-order valence-electron chi connectivity index (χ2n) is 4.09. The van der Waals surface area contributed by atoms with Crippen molar-refractivity contribution in [2.24, 2.45) is 0 Å². The highest BCUT2D eigenvalue weighted by atomic mass is 16.5. The summed E-state index contributed by atoms with van der Waals surface area (Å²) in [6.45, 7) is 1.39. The summed E-state index contributed by atoms with van der Waals surface area (Å²) in [5, 5.41) is 3.69. The Kier molecular flexibility index (Phi) is 2.40. The summed E-state index contributed by atoms with van der Waals surface area (Å²) in [4.78, 5) is 13.9. The van der Waals surface area contributed by atoms with E-state index in [1.54, 1.807) is 6.20 Å². The molecule has 0 saturated heterocycles. The van der Waals surface area contributed by atoms with Crippen molar-refractivity contribution in [3.8, 4) is 0 Å². The average Bonchev–Trinajstić information content (AvgIpc) is 2.86. The van der Waals surface area contributed by atoms with E-state index in [1.807, 2.05) is 30.3 Å². The molecule has 0 N–H and O–H groups in total. The first-order chi connectivity index (χ1) is 8.34. The summed E-state index contributed by atoms with van der Waals surface area (Å²) in [6, 6.07) is 9.55. The van der Waals surface area contributed by atoms with Gasteiger partial charge >= 0.3 is 0 Å². The number of rotatable bonds is 2. The van der Waals surface area contributed by atoms with Crippen LogP contribution in [0.25, 0.3) is 0 Å². The lowest BCUT2D eigenvalue weighted by molar-refractivity contribution is 0.0979. The Morgan fingerprint density at radius 3 is 3.00 bits per heavy atom. The van der Waals surface area contributed by atoms with E-state index in [1.165, 1.54) is 0 Å². The van der Waals surface area contributed by atoms with E-state index in [4.69, 9.17) is 4.52 Å². The summed E-state index contributed by atoms with van der Waals surface area (Å²) < 4.78 is 5.10. The molecule has 0 unspecified atom stereocenters. The minimum atomic E-state index is 0.217. The van der Waals surface area contributed by atoms with Gasteiger partial charge in [-0.25, -0.2) is 0 Å². The number of Topliss-reactive ketones (excluding diaryl/α,β-unsaturated/α-hetero) is 1. The molecule has 0 saturated carbocycles. The lowest BCUT2D eigenvalue weighted by Gasteiger charge is -2.29. The molecule has 0 radical (unpaired) electrons. The molecular weight excluding hydrogens is 216 g/mol. The number of benzene rings is 1. The molecule has 2 aromatic rings. The minimum Gasteiger partial charge on any atom is -0.363 e. The maximum atomic E-state index is 11.8. The molecule has 1 aliphatic rings. The van der Waals surface area contributed by atoms with Crippen LogP contribution in [-0.2, 0) is 6.54 Å². The number of hydrogen-bond acceptors (Lipinski definition) is 4. The normalized spacial score (nSPS) is 14.8. The zero-order chi connectivity index (χ0) is 11.7. The Hall–Kier alpha value is -2.10. The molecule has 17 heavy (non-hydrogen) atoms. The Morgan fingerprint density at radius 2 is 2.18 bits per heavy atom. The molecule has 0 amide bonds. The van der Waals surface area contributed by atoms with E-state index in [0.29, 0.717) is 13.0 Å². The summed E-state index contributed by atoms with van der Waals surface area (Å²) in [7, 11) is 0. The fraction of sp³-hybridized carbons (Fsp3) is 0.231. The second-order valence-corrected chi connectivity index (χ2v) is 4.09. The van der Waals surface area contributed by atoms with Crippen LogP contribution in [0.5, 0.6) is 0 Å². The van der Waals surface area contributed by atoms with E-state index >= 15 is 0 Å². The van der Waals surface area contributed by atoms with Crippen LogP contribution in [0.1, 0.15) is 22.5 Å². The Balaban J connectivity index is 1.93. The first kappa shape index (κ1) is 10.1. The zero-order valence-electron chi connectivity index (χ0n) is 9.30. The number of nitrogens with zero attached hydrogens (tertiary/aromatic N) is 2. The van der Waals surface area contributed by atoms with Gasteiger partial charge in [-0.15, -0.1) is 0 Å². The molecule has 4 nitrogen and oxygen atoms in total. The van der Waals surface area contributed by atoms with Crippen LogP contribution in [0.15, 0.2) is 41.1 Å². The van der Waals surface area contributed by atoms with E-state index in [2.05, 4.69) is 10.1 Å². The Bertz CT molecular complexity index is 534. The minimum absolute atomic E-state index is 0.217. The standard InChI is InChI=1S/C13H12N2O2/c16-13-6-8-15(9-10-5-7-14-17-10)12-4-2-1-3-11(12)13/h1-5,7H,6,8-9H2. The van der Waals surface area contributed by atoms with Crippen LogP contribution in [0.4, 0.5) is 5.69 Å². The number of aromatic nitrogens is 1. The highest BCUT2D eigenvalue weighted by molar-refractivity contribution is 6.03. The molecule has 0 fully saturated rings. The van der Waals surface area contributed by atoms with Gasteiger partial charge < -0.3 is 9.42 Å². The lowest BCUT2D eigenvalue weighted by atomic mass is 10.0. The summed E-state index contributed by atoms with van der Waals surface area (Å²) in [6.07, 6.45) is 2.20. The van der Waals surface area contributed by atoms with E-state index in [0.717, 1.165) is 23.6 Å². The largest absolute Gasteiger partial charge is 0.363 e. The lowest BCUT2D eigenvalue weighted by Crippen LogP contribution is -2.31. The predicted molar refractivity (Wildman–Crippen MR) is 62.9 cm³/mol. The first-order valence-corrected chi connectivity index (χ1v) is 5.61. The predicted octanol–water partition coefficient (Wildman–Crippen LogP) is 2.27. The van der Waals surface area contributed by atoms with Crippen molar-refractivity contribution < 1.29 is 9.32 Å². The highest BCUT2D eigenvalue weighted by Gasteiger charge is 2.22. The maximum absolute atomic E-state index is 11.8. The molecule has 2 heterocycles. The Labute approximate surface area is 98.8 Å². The maximum Gasteiger partial charge on any atom is 0.166 e. The van der Waals surface area contributed by atoms with Crippen molar-refractivity contribution in [2.45, 2.75) is 13.0 Å². The van der Waals surface area contributed by atoms with Crippen molar-refractivity contribution in [1.82, 2.24) is 5.16 Å². The van der Waals surface area contributed by atoms with E-state index in [9.17, 15) is 4.79 Å². The smallest absolute Gasteiger partial charge is 0.166 e. The van der Waals surface area contributed by atoms with Crippen molar-refractivity contribution in [1.29, 1.82) is 0 Å². The van der Waals surface area contributed by atoms with Crippen molar-refractivity contribution >= 4 is 11.5 Å². The van der Waals surface area contributed by atoms with Crippen molar-refractivity contribution in [2.75, 3.05) is 11.4 Å². The number of hydrogen-bond donors (Lipinski definition) is 0. The quantitative estimate of drug-likeness (QED) is 0.791. The molecule has 1 aliphatic heterocycles. The van der Waals surface area contributed by atoms with Crippen LogP contribution in [0.2, 0.25) is 0 Å². The van der Waals surface area contributed by atoms with Gasteiger partial charge in [0.2, 0.25) is 0 Å². The van der Waals surface area contributed by atoms with Gasteiger partial charge in [0.05, 0.1) is 12.7 Å². The van der Waals surface area contributed by atoms with Crippen LogP contribution in [0.3, 0.4) is 0 Å². The summed E-state index contributed by atoms with van der Waals surface area (Å²) >= 11 is 0. The molecule has 0 atom stereocenters. The first-order valence-electron chi connectivity index (χ1n) is 5.61. The van der Waals surface area contributed by atoms with Gasteiger partial charge in [-0.3, -0.25) is 4.79 Å². The molecule has 86 valence electrons. The number of carbonyl (C=O) groups excluding carboxylic acids is 1. The molecule has 0 spiro atoms. The van der Waals surface area contributed by atoms with Crippen LogP contribution in [0, 0.1) is 0 Å². The molecule has 1 aromatic heterocycles. The topological polar surface area (TPSA) is 46.3 Å². The third-order valence-electron chi connectivity index (χ3n) is 2.99. The van der Waals surface area contributed by atoms with Gasteiger partial charge in [-0.1, -0.05) is 17.3 Å².